The molecule has 0 radical (unpaired) electrons. The van der Waals surface area contributed by atoms with Gasteiger partial charge in [0.2, 0.25) is 5.91 Å². The molecule has 3 rings (SSSR count). The van der Waals surface area contributed by atoms with E-state index < -0.39 is 0 Å². The van der Waals surface area contributed by atoms with Crippen molar-refractivity contribution in [1.82, 2.24) is 10.6 Å². The minimum Gasteiger partial charge on any atom is -0.497 e. The highest BCUT2D eigenvalue weighted by Gasteiger charge is 2.42. The lowest BCUT2D eigenvalue weighted by Gasteiger charge is -2.17. The summed E-state index contributed by atoms with van der Waals surface area (Å²) in [6, 6.07) is 7.83. The normalized spacial score (nSPS) is 28.1. The summed E-state index contributed by atoms with van der Waals surface area (Å²) in [5.41, 5.74) is 1.07. The van der Waals surface area contributed by atoms with Gasteiger partial charge in [-0.1, -0.05) is 18.6 Å². The molecule has 2 aliphatic rings. The van der Waals surface area contributed by atoms with Crippen LogP contribution in [0.4, 0.5) is 0 Å². The van der Waals surface area contributed by atoms with Gasteiger partial charge >= 0.3 is 0 Å². The number of fused-ring (bicyclic) bond motifs is 1. The highest BCUT2D eigenvalue weighted by Crippen LogP contribution is 2.37. The SMILES string of the molecule is COc1cccc(CNC(=O)C2NCC3CCCC32)c1. The van der Waals surface area contributed by atoms with Gasteiger partial charge in [-0.25, -0.2) is 0 Å². The first kappa shape index (κ1) is 13.4. The van der Waals surface area contributed by atoms with Crippen LogP contribution in [0.15, 0.2) is 24.3 Å². The van der Waals surface area contributed by atoms with Crippen LogP contribution in [0, 0.1) is 11.8 Å². The van der Waals surface area contributed by atoms with Crippen LogP contribution in [0.1, 0.15) is 24.8 Å². The van der Waals surface area contributed by atoms with Gasteiger partial charge in [0.15, 0.2) is 0 Å². The van der Waals surface area contributed by atoms with Crippen molar-refractivity contribution in [3.63, 3.8) is 0 Å². The number of ether oxygens (including phenoxy) is 1. The molecule has 4 heteroatoms. The predicted molar refractivity (Wildman–Crippen MR) is 77.5 cm³/mol. The zero-order chi connectivity index (χ0) is 13.9. The Morgan fingerprint density at radius 3 is 3.20 bits per heavy atom. The van der Waals surface area contributed by atoms with Gasteiger partial charge in [-0.15, -0.1) is 0 Å². The summed E-state index contributed by atoms with van der Waals surface area (Å²) in [5.74, 6) is 2.22. The molecule has 1 aromatic rings. The standard InChI is InChI=1S/C16H22N2O2/c1-20-13-6-2-4-11(8-13)9-18-16(19)15-14-7-3-5-12(14)10-17-15/h2,4,6,8,12,14-15,17H,3,5,7,9-10H2,1H3,(H,18,19). The average molecular weight is 274 g/mol. The van der Waals surface area contributed by atoms with Crippen molar-refractivity contribution in [1.29, 1.82) is 0 Å². The lowest BCUT2D eigenvalue weighted by Crippen LogP contribution is -2.43. The van der Waals surface area contributed by atoms with Crippen LogP contribution in [-0.2, 0) is 11.3 Å². The van der Waals surface area contributed by atoms with Gasteiger partial charge in [-0.2, -0.15) is 0 Å². The number of amides is 1. The molecular weight excluding hydrogens is 252 g/mol. The number of hydrogen-bond donors (Lipinski definition) is 2. The molecule has 20 heavy (non-hydrogen) atoms. The Kier molecular flexibility index (Phi) is 3.92. The number of methoxy groups -OCH3 is 1. The van der Waals surface area contributed by atoms with Gasteiger partial charge in [-0.05, 0) is 48.9 Å². The lowest BCUT2D eigenvalue weighted by atomic mass is 9.93. The quantitative estimate of drug-likeness (QED) is 0.878. The first-order valence-corrected chi connectivity index (χ1v) is 7.42. The molecule has 1 saturated heterocycles. The molecular formula is C16H22N2O2. The summed E-state index contributed by atoms with van der Waals surface area (Å²) in [5, 5.41) is 6.43. The summed E-state index contributed by atoms with van der Waals surface area (Å²) < 4.78 is 5.19. The van der Waals surface area contributed by atoms with Crippen molar-refractivity contribution in [3.8, 4) is 5.75 Å². The first-order valence-electron chi connectivity index (χ1n) is 7.42. The van der Waals surface area contributed by atoms with Gasteiger partial charge in [0.05, 0.1) is 13.2 Å². The Labute approximate surface area is 119 Å². The molecule has 0 aromatic heterocycles. The number of carbonyl (C=O) groups excluding carboxylic acids is 1. The van der Waals surface area contributed by atoms with Gasteiger partial charge in [0, 0.05) is 6.54 Å². The van der Waals surface area contributed by atoms with Gasteiger partial charge in [0.25, 0.3) is 0 Å². The highest BCUT2D eigenvalue weighted by atomic mass is 16.5. The fourth-order valence-corrected chi connectivity index (χ4v) is 3.56. The molecule has 1 saturated carbocycles. The Balaban J connectivity index is 1.56. The molecule has 2 N–H and O–H groups in total. The van der Waals surface area contributed by atoms with Gasteiger partial charge in [0.1, 0.15) is 5.75 Å². The Morgan fingerprint density at radius 2 is 2.35 bits per heavy atom. The third kappa shape index (κ3) is 2.66. The minimum atomic E-state index is 0.00751. The second-order valence-electron chi connectivity index (χ2n) is 5.81. The van der Waals surface area contributed by atoms with Crippen LogP contribution in [0.2, 0.25) is 0 Å². The molecule has 1 aliphatic carbocycles. The van der Waals surface area contributed by atoms with Crippen LogP contribution in [0.3, 0.4) is 0 Å². The molecule has 0 spiro atoms. The number of nitrogens with one attached hydrogen (secondary N) is 2. The van der Waals surface area contributed by atoms with E-state index in [0.29, 0.717) is 18.4 Å². The van der Waals surface area contributed by atoms with Crippen LogP contribution in [0.5, 0.6) is 5.75 Å². The van der Waals surface area contributed by atoms with E-state index in [4.69, 9.17) is 4.74 Å². The van der Waals surface area contributed by atoms with Crippen LogP contribution < -0.4 is 15.4 Å². The van der Waals surface area contributed by atoms with Crippen molar-refractivity contribution < 1.29 is 9.53 Å². The van der Waals surface area contributed by atoms with E-state index in [-0.39, 0.29) is 11.9 Å². The van der Waals surface area contributed by atoms with E-state index in [1.807, 2.05) is 24.3 Å². The molecule has 1 amide bonds. The van der Waals surface area contributed by atoms with Crippen LogP contribution in [-0.4, -0.2) is 25.6 Å². The highest BCUT2D eigenvalue weighted by molar-refractivity contribution is 5.82. The molecule has 3 unspecified atom stereocenters. The number of rotatable bonds is 4. The lowest BCUT2D eigenvalue weighted by molar-refractivity contribution is -0.123. The maximum Gasteiger partial charge on any atom is 0.237 e. The fourth-order valence-electron chi connectivity index (χ4n) is 3.56. The largest absolute Gasteiger partial charge is 0.497 e. The maximum atomic E-state index is 12.3. The monoisotopic (exact) mass is 274 g/mol. The summed E-state index contributed by atoms with van der Waals surface area (Å²) in [6.45, 7) is 1.56. The second-order valence-corrected chi connectivity index (χ2v) is 5.81. The smallest absolute Gasteiger partial charge is 0.237 e. The predicted octanol–water partition coefficient (Wildman–Crippen LogP) is 1.70. The summed E-state index contributed by atoms with van der Waals surface area (Å²) in [7, 11) is 1.65. The van der Waals surface area contributed by atoms with Crippen LogP contribution in [0.25, 0.3) is 0 Å². The van der Waals surface area contributed by atoms with Crippen molar-refractivity contribution in [3.05, 3.63) is 29.8 Å². The van der Waals surface area contributed by atoms with Crippen LogP contribution >= 0.6 is 0 Å². The van der Waals surface area contributed by atoms with Crippen molar-refractivity contribution in [2.24, 2.45) is 11.8 Å². The molecule has 4 nitrogen and oxygen atoms in total. The van der Waals surface area contributed by atoms with E-state index in [1.54, 1.807) is 7.11 Å². The Morgan fingerprint density at radius 1 is 1.45 bits per heavy atom. The molecule has 1 heterocycles. The van der Waals surface area contributed by atoms with Gasteiger partial charge < -0.3 is 15.4 Å². The third-order valence-electron chi connectivity index (χ3n) is 4.63. The van der Waals surface area contributed by atoms with Crippen molar-refractivity contribution in [2.75, 3.05) is 13.7 Å². The topological polar surface area (TPSA) is 50.4 Å². The number of hydrogen-bond acceptors (Lipinski definition) is 3. The van der Waals surface area contributed by atoms with Crippen molar-refractivity contribution >= 4 is 5.91 Å². The van der Waals surface area contributed by atoms with Crippen molar-refractivity contribution in [2.45, 2.75) is 31.8 Å². The van der Waals surface area contributed by atoms with E-state index in [2.05, 4.69) is 10.6 Å². The molecule has 3 atom stereocenters. The molecule has 1 aromatic carbocycles. The Bertz CT molecular complexity index is 489. The third-order valence-corrected chi connectivity index (χ3v) is 4.63. The van der Waals surface area contributed by atoms with E-state index in [9.17, 15) is 4.79 Å². The molecule has 1 aliphatic heterocycles. The summed E-state index contributed by atoms with van der Waals surface area (Å²) in [4.78, 5) is 12.3. The maximum absolute atomic E-state index is 12.3. The fraction of sp³-hybridized carbons (Fsp3) is 0.562. The molecule has 108 valence electrons. The number of carbonyl (C=O) groups is 1. The second kappa shape index (κ2) is 5.83. The van der Waals surface area contributed by atoms with E-state index in [1.165, 1.54) is 19.3 Å². The Hall–Kier alpha value is -1.55. The molecule has 2 fully saturated rings. The zero-order valence-corrected chi connectivity index (χ0v) is 11.9. The summed E-state index contributed by atoms with van der Waals surface area (Å²) in [6.07, 6.45) is 3.74. The number of benzene rings is 1. The molecule has 0 bridgehead atoms. The van der Waals surface area contributed by atoms with E-state index >= 15 is 0 Å². The summed E-state index contributed by atoms with van der Waals surface area (Å²) >= 11 is 0. The van der Waals surface area contributed by atoms with E-state index in [0.717, 1.165) is 17.9 Å². The average Bonchev–Trinajstić information content (AvgIpc) is 3.07. The van der Waals surface area contributed by atoms with Gasteiger partial charge in [-0.3, -0.25) is 4.79 Å². The first-order chi connectivity index (χ1) is 9.78. The minimum absolute atomic E-state index is 0.00751. The zero-order valence-electron chi connectivity index (χ0n) is 11.9.